The largest absolute Gasteiger partial charge is 0.511 e. The van der Waals surface area contributed by atoms with E-state index in [-0.39, 0.29) is 19.0 Å². The highest BCUT2D eigenvalue weighted by atomic mass is 19.1. The Morgan fingerprint density at radius 3 is 2.82 bits per heavy atom. The molecule has 0 bridgehead atoms. The Kier molecular flexibility index (Phi) is 5.41. The van der Waals surface area contributed by atoms with Gasteiger partial charge in [-0.3, -0.25) is 0 Å². The van der Waals surface area contributed by atoms with E-state index in [1.54, 1.807) is 0 Å². The van der Waals surface area contributed by atoms with E-state index < -0.39 is 11.9 Å². The van der Waals surface area contributed by atoms with Crippen molar-refractivity contribution in [2.24, 2.45) is 0 Å². The molecule has 0 aromatic carbocycles. The second-order valence-electron chi connectivity index (χ2n) is 4.03. The predicted octanol–water partition coefficient (Wildman–Crippen LogP) is 3.32. The summed E-state index contributed by atoms with van der Waals surface area (Å²) in [6.45, 7) is 3.74. The summed E-state index contributed by atoms with van der Waals surface area (Å²) >= 11 is 0. The first kappa shape index (κ1) is 14.0. The number of allylic oxidation sites excluding steroid dienone is 1. The number of ether oxygens (including phenoxy) is 3. The molecule has 0 spiro atoms. The summed E-state index contributed by atoms with van der Waals surface area (Å²) < 4.78 is 28.3. The van der Waals surface area contributed by atoms with Gasteiger partial charge in [-0.2, -0.15) is 0 Å². The maximum atomic E-state index is 13.3. The molecule has 5 heteroatoms. The molecule has 1 unspecified atom stereocenters. The molecule has 1 rings (SSSR count). The van der Waals surface area contributed by atoms with Crippen LogP contribution in [0.1, 0.15) is 39.5 Å². The molecule has 98 valence electrons. The third kappa shape index (κ3) is 4.34. The van der Waals surface area contributed by atoms with Crippen molar-refractivity contribution >= 4 is 6.16 Å². The SMILES string of the molecule is CCC/C=C(/F)COC1(CCC)COC(=O)O1. The normalized spacial score (nSPS) is 24.6. The van der Waals surface area contributed by atoms with Gasteiger partial charge in [0.25, 0.3) is 5.79 Å². The summed E-state index contributed by atoms with van der Waals surface area (Å²) in [7, 11) is 0. The van der Waals surface area contributed by atoms with Crippen LogP contribution in [0.5, 0.6) is 0 Å². The van der Waals surface area contributed by atoms with Crippen molar-refractivity contribution in [2.75, 3.05) is 13.2 Å². The van der Waals surface area contributed by atoms with Crippen molar-refractivity contribution in [3.8, 4) is 0 Å². The van der Waals surface area contributed by atoms with E-state index in [2.05, 4.69) is 0 Å². The average molecular weight is 246 g/mol. The van der Waals surface area contributed by atoms with Crippen molar-refractivity contribution in [1.29, 1.82) is 0 Å². The van der Waals surface area contributed by atoms with Gasteiger partial charge in [0, 0.05) is 6.42 Å². The van der Waals surface area contributed by atoms with Gasteiger partial charge in [-0.1, -0.05) is 26.3 Å². The topological polar surface area (TPSA) is 44.8 Å². The lowest BCUT2D eigenvalue weighted by Gasteiger charge is -2.24. The van der Waals surface area contributed by atoms with Gasteiger partial charge in [0.2, 0.25) is 0 Å². The summed E-state index contributed by atoms with van der Waals surface area (Å²) in [6.07, 6.45) is 3.54. The van der Waals surface area contributed by atoms with Gasteiger partial charge in [0.1, 0.15) is 12.4 Å². The van der Waals surface area contributed by atoms with Gasteiger partial charge in [-0.25, -0.2) is 9.18 Å². The van der Waals surface area contributed by atoms with Crippen molar-refractivity contribution in [3.63, 3.8) is 0 Å². The minimum atomic E-state index is -1.11. The van der Waals surface area contributed by atoms with Gasteiger partial charge in [0.05, 0.1) is 0 Å². The molecule has 1 saturated heterocycles. The van der Waals surface area contributed by atoms with Crippen LogP contribution in [0, 0.1) is 0 Å². The first-order valence-electron chi connectivity index (χ1n) is 5.96. The summed E-state index contributed by atoms with van der Waals surface area (Å²) in [5, 5.41) is 0. The number of carbonyl (C=O) groups is 1. The van der Waals surface area contributed by atoms with Gasteiger partial charge < -0.3 is 14.2 Å². The Labute approximate surface area is 101 Å². The van der Waals surface area contributed by atoms with Crippen molar-refractivity contribution in [3.05, 3.63) is 11.9 Å². The van der Waals surface area contributed by atoms with E-state index in [4.69, 9.17) is 14.2 Å². The molecular weight excluding hydrogens is 227 g/mol. The molecule has 4 nitrogen and oxygen atoms in total. The molecule has 17 heavy (non-hydrogen) atoms. The van der Waals surface area contributed by atoms with E-state index >= 15 is 0 Å². The fraction of sp³-hybridized carbons (Fsp3) is 0.750. The number of rotatable bonds is 7. The molecule has 1 fully saturated rings. The molecule has 0 radical (unpaired) electrons. The van der Waals surface area contributed by atoms with E-state index in [1.165, 1.54) is 6.08 Å². The van der Waals surface area contributed by atoms with E-state index in [1.807, 2.05) is 13.8 Å². The Morgan fingerprint density at radius 2 is 2.29 bits per heavy atom. The quantitative estimate of drug-likeness (QED) is 0.646. The first-order valence-corrected chi connectivity index (χ1v) is 5.96. The molecule has 0 aromatic heterocycles. The van der Waals surface area contributed by atoms with Crippen LogP contribution in [0.15, 0.2) is 11.9 Å². The zero-order valence-electron chi connectivity index (χ0n) is 10.3. The predicted molar refractivity (Wildman–Crippen MR) is 60.1 cm³/mol. The number of hydrogen-bond donors (Lipinski definition) is 0. The molecule has 0 saturated carbocycles. The summed E-state index contributed by atoms with van der Waals surface area (Å²) in [6, 6.07) is 0. The van der Waals surface area contributed by atoms with Crippen LogP contribution in [0.3, 0.4) is 0 Å². The van der Waals surface area contributed by atoms with E-state index in [0.717, 1.165) is 12.8 Å². The number of unbranched alkanes of at least 4 members (excludes halogenated alkanes) is 1. The monoisotopic (exact) mass is 246 g/mol. The maximum Gasteiger partial charge on any atom is 0.511 e. The van der Waals surface area contributed by atoms with Crippen LogP contribution < -0.4 is 0 Å². The molecular formula is C12H19FO4. The fourth-order valence-corrected chi connectivity index (χ4v) is 1.59. The third-order valence-electron chi connectivity index (χ3n) is 2.44. The average Bonchev–Trinajstić information content (AvgIpc) is 2.67. The number of hydrogen-bond acceptors (Lipinski definition) is 4. The molecule has 0 amide bonds. The number of cyclic esters (lactones) is 2. The van der Waals surface area contributed by atoms with Crippen LogP contribution in [-0.4, -0.2) is 25.2 Å². The molecule has 1 aliphatic rings. The Bertz CT molecular complexity index is 290. The molecule has 0 N–H and O–H groups in total. The minimum absolute atomic E-state index is 0.0285. The third-order valence-corrected chi connectivity index (χ3v) is 2.44. The molecule has 0 aromatic rings. The van der Waals surface area contributed by atoms with Gasteiger partial charge in [-0.05, 0) is 12.8 Å². The smallest absolute Gasteiger partial charge is 0.427 e. The van der Waals surface area contributed by atoms with Crippen molar-refractivity contribution in [2.45, 2.75) is 45.3 Å². The Balaban J connectivity index is 2.48. The van der Waals surface area contributed by atoms with Crippen molar-refractivity contribution in [1.82, 2.24) is 0 Å². The van der Waals surface area contributed by atoms with E-state index in [9.17, 15) is 9.18 Å². The highest BCUT2D eigenvalue weighted by Crippen LogP contribution is 2.27. The van der Waals surface area contributed by atoms with Crippen LogP contribution in [0.2, 0.25) is 0 Å². The van der Waals surface area contributed by atoms with Crippen LogP contribution >= 0.6 is 0 Å². The maximum absolute atomic E-state index is 13.3. The van der Waals surface area contributed by atoms with Crippen LogP contribution in [0.4, 0.5) is 9.18 Å². The second kappa shape index (κ2) is 6.59. The van der Waals surface area contributed by atoms with Crippen LogP contribution in [0.25, 0.3) is 0 Å². The standard InChI is InChI=1S/C12H19FO4/c1-3-5-6-10(13)8-16-12(7-4-2)9-15-11(14)17-12/h6H,3-5,7-9H2,1-2H3/b10-6+. The summed E-state index contributed by atoms with van der Waals surface area (Å²) in [4.78, 5) is 10.9. The summed E-state index contributed by atoms with van der Waals surface area (Å²) in [5.74, 6) is -1.45. The minimum Gasteiger partial charge on any atom is -0.427 e. The molecule has 1 aliphatic heterocycles. The summed E-state index contributed by atoms with van der Waals surface area (Å²) in [5.41, 5.74) is 0. The lowest BCUT2D eigenvalue weighted by molar-refractivity contribution is -0.180. The Morgan fingerprint density at radius 1 is 1.53 bits per heavy atom. The zero-order valence-corrected chi connectivity index (χ0v) is 10.3. The lowest BCUT2D eigenvalue weighted by atomic mass is 10.1. The lowest BCUT2D eigenvalue weighted by Crippen LogP contribution is -2.35. The zero-order chi connectivity index (χ0) is 12.7. The highest BCUT2D eigenvalue weighted by molar-refractivity contribution is 5.62. The van der Waals surface area contributed by atoms with Gasteiger partial charge in [-0.15, -0.1) is 0 Å². The van der Waals surface area contributed by atoms with Crippen LogP contribution in [-0.2, 0) is 14.2 Å². The Hall–Kier alpha value is -1.10. The highest BCUT2D eigenvalue weighted by Gasteiger charge is 2.43. The van der Waals surface area contributed by atoms with Gasteiger partial charge in [0.15, 0.2) is 6.61 Å². The van der Waals surface area contributed by atoms with Crippen molar-refractivity contribution < 1.29 is 23.4 Å². The molecule has 1 atom stereocenters. The molecule has 0 aliphatic carbocycles. The second-order valence-corrected chi connectivity index (χ2v) is 4.03. The number of carbonyl (C=O) groups excluding carboxylic acids is 1. The molecule has 1 heterocycles. The first-order chi connectivity index (χ1) is 8.12. The fourth-order valence-electron chi connectivity index (χ4n) is 1.59. The number of halogens is 1. The van der Waals surface area contributed by atoms with Gasteiger partial charge >= 0.3 is 6.16 Å². The van der Waals surface area contributed by atoms with E-state index in [0.29, 0.717) is 12.8 Å².